The highest BCUT2D eigenvalue weighted by atomic mass is 32.1. The molecule has 4 saturated carbocycles. The van der Waals surface area contributed by atoms with E-state index in [1.807, 2.05) is 13.8 Å². The average Bonchev–Trinajstić information content (AvgIpc) is 3.18. The van der Waals surface area contributed by atoms with Gasteiger partial charge in [-0.15, -0.1) is 6.58 Å². The molecule has 0 bridgehead atoms. The van der Waals surface area contributed by atoms with E-state index >= 15 is 0 Å². The van der Waals surface area contributed by atoms with Gasteiger partial charge >= 0.3 is 0 Å². The van der Waals surface area contributed by atoms with Crippen molar-refractivity contribution in [2.75, 3.05) is 6.26 Å². The first-order valence-electron chi connectivity index (χ1n) is 15.6. The number of thiol groups is 1. The molecule has 10 atom stereocenters. The maximum Gasteiger partial charge on any atom is -0.0215 e. The summed E-state index contributed by atoms with van der Waals surface area (Å²) < 4.78 is 0. The summed E-state index contributed by atoms with van der Waals surface area (Å²) in [6.07, 6.45) is 18.0. The molecule has 4 aliphatic carbocycles. The van der Waals surface area contributed by atoms with Gasteiger partial charge in [0.05, 0.1) is 0 Å². The molecule has 0 saturated heterocycles. The zero-order valence-corrected chi connectivity index (χ0v) is 26.5. The molecule has 10 unspecified atom stereocenters. The lowest BCUT2D eigenvalue weighted by molar-refractivity contribution is -0.144. The van der Waals surface area contributed by atoms with Gasteiger partial charge in [-0.1, -0.05) is 61.0 Å². The zero-order chi connectivity index (χ0) is 26.6. The predicted octanol–water partition coefficient (Wildman–Crippen LogP) is 11.1. The van der Waals surface area contributed by atoms with Gasteiger partial charge in [-0.3, -0.25) is 0 Å². The van der Waals surface area contributed by atoms with Gasteiger partial charge in [-0.05, 0) is 148 Å². The molecule has 4 fully saturated rings. The van der Waals surface area contributed by atoms with Crippen LogP contribution in [0.1, 0.15) is 133 Å². The van der Waals surface area contributed by atoms with E-state index in [9.17, 15) is 0 Å². The third-order valence-electron chi connectivity index (χ3n) is 11.7. The SMILES string of the molecule is C=C(C)CCC(C)C1CCC2C3C(C)CC4CC(CC(C)C)CCC4(C)C3CCC12C.CC.CS. The van der Waals surface area contributed by atoms with Crippen LogP contribution < -0.4 is 0 Å². The van der Waals surface area contributed by atoms with Gasteiger partial charge in [0.15, 0.2) is 0 Å². The maximum atomic E-state index is 4.18. The van der Waals surface area contributed by atoms with E-state index < -0.39 is 0 Å². The van der Waals surface area contributed by atoms with Crippen LogP contribution in [0.5, 0.6) is 0 Å². The zero-order valence-electron chi connectivity index (χ0n) is 25.6. The van der Waals surface area contributed by atoms with E-state index in [2.05, 4.69) is 67.7 Å². The summed E-state index contributed by atoms with van der Waals surface area (Å²) in [7, 11) is 0. The predicted molar refractivity (Wildman–Crippen MR) is 162 cm³/mol. The van der Waals surface area contributed by atoms with Crippen LogP contribution in [0.4, 0.5) is 0 Å². The molecule has 1 heteroatoms. The minimum absolute atomic E-state index is 0.613. The molecule has 0 spiro atoms. The second-order valence-corrected chi connectivity index (χ2v) is 14.2. The first-order valence-corrected chi connectivity index (χ1v) is 16.5. The molecule has 0 aliphatic heterocycles. The molecule has 35 heavy (non-hydrogen) atoms. The van der Waals surface area contributed by atoms with Crippen molar-refractivity contribution >= 4 is 12.6 Å². The van der Waals surface area contributed by atoms with Crippen molar-refractivity contribution in [3.05, 3.63) is 12.2 Å². The Hall–Kier alpha value is 0.0900. The Bertz CT molecular complexity index is 651. The summed E-state index contributed by atoms with van der Waals surface area (Å²) in [6, 6.07) is 0. The van der Waals surface area contributed by atoms with Gasteiger partial charge in [0.25, 0.3) is 0 Å². The van der Waals surface area contributed by atoms with E-state index in [4.69, 9.17) is 0 Å². The fraction of sp³-hybridized carbons (Fsp3) is 0.941. The minimum Gasteiger partial charge on any atom is -0.183 e. The van der Waals surface area contributed by atoms with Gasteiger partial charge in [-0.2, -0.15) is 12.6 Å². The van der Waals surface area contributed by atoms with Crippen LogP contribution in [0.15, 0.2) is 12.2 Å². The normalized spacial score (nSPS) is 42.9. The van der Waals surface area contributed by atoms with Gasteiger partial charge < -0.3 is 0 Å². The van der Waals surface area contributed by atoms with Crippen molar-refractivity contribution in [1.82, 2.24) is 0 Å². The lowest BCUT2D eigenvalue weighted by Gasteiger charge is -2.63. The lowest BCUT2D eigenvalue weighted by atomic mass is 9.42. The monoisotopic (exact) mass is 504 g/mol. The first-order chi connectivity index (χ1) is 16.6. The van der Waals surface area contributed by atoms with Crippen molar-refractivity contribution in [1.29, 1.82) is 0 Å². The van der Waals surface area contributed by atoms with E-state index in [1.165, 1.54) is 69.8 Å². The second-order valence-electron chi connectivity index (χ2n) is 14.2. The van der Waals surface area contributed by atoms with E-state index in [1.54, 1.807) is 12.7 Å². The van der Waals surface area contributed by atoms with Crippen LogP contribution in [-0.4, -0.2) is 6.26 Å². The molecule has 0 heterocycles. The summed E-state index contributed by atoms with van der Waals surface area (Å²) in [6.45, 7) is 26.0. The van der Waals surface area contributed by atoms with Gasteiger partial charge in [0, 0.05) is 0 Å². The largest absolute Gasteiger partial charge is 0.183 e. The van der Waals surface area contributed by atoms with Crippen molar-refractivity contribution in [3.8, 4) is 0 Å². The van der Waals surface area contributed by atoms with Crippen LogP contribution in [0, 0.1) is 64.1 Å². The Balaban J connectivity index is 0.00000103. The molecule has 0 aromatic rings. The highest BCUT2D eigenvalue weighted by molar-refractivity contribution is 7.79. The van der Waals surface area contributed by atoms with Crippen molar-refractivity contribution < 1.29 is 0 Å². The van der Waals surface area contributed by atoms with Gasteiger partial charge in [-0.25, -0.2) is 0 Å². The molecule has 206 valence electrons. The third kappa shape index (κ3) is 6.40. The van der Waals surface area contributed by atoms with Crippen molar-refractivity contribution in [2.24, 2.45) is 64.1 Å². The summed E-state index contributed by atoms with van der Waals surface area (Å²) in [5.41, 5.74) is 2.64. The summed E-state index contributed by atoms with van der Waals surface area (Å²) in [4.78, 5) is 0. The first kappa shape index (κ1) is 31.3. The topological polar surface area (TPSA) is 0 Å². The van der Waals surface area contributed by atoms with E-state index in [-0.39, 0.29) is 0 Å². The fourth-order valence-corrected chi connectivity index (χ4v) is 10.3. The van der Waals surface area contributed by atoms with Crippen LogP contribution >= 0.6 is 12.6 Å². The van der Waals surface area contributed by atoms with E-state index in [0.29, 0.717) is 10.8 Å². The molecule has 0 aromatic carbocycles. The average molecular weight is 505 g/mol. The molecular formula is C34H64S. The highest BCUT2D eigenvalue weighted by Gasteiger charge is 2.62. The number of fused-ring (bicyclic) bond motifs is 5. The van der Waals surface area contributed by atoms with Crippen LogP contribution in [-0.2, 0) is 0 Å². The Morgan fingerprint density at radius 2 is 1.51 bits per heavy atom. The Labute approximate surface area is 227 Å². The quantitative estimate of drug-likeness (QED) is 0.270. The Morgan fingerprint density at radius 3 is 2.11 bits per heavy atom. The van der Waals surface area contributed by atoms with E-state index in [0.717, 1.165) is 53.3 Å². The summed E-state index contributed by atoms with van der Waals surface area (Å²) >= 11 is 3.53. The van der Waals surface area contributed by atoms with Gasteiger partial charge in [0.1, 0.15) is 0 Å². The Morgan fingerprint density at radius 1 is 0.914 bits per heavy atom. The molecule has 0 nitrogen and oxygen atoms in total. The molecule has 0 aromatic heterocycles. The minimum atomic E-state index is 0.613. The molecule has 0 radical (unpaired) electrons. The molecule has 0 amide bonds. The molecular weight excluding hydrogens is 440 g/mol. The summed E-state index contributed by atoms with van der Waals surface area (Å²) in [5, 5.41) is 0. The van der Waals surface area contributed by atoms with Crippen LogP contribution in [0.3, 0.4) is 0 Å². The van der Waals surface area contributed by atoms with Crippen LogP contribution in [0.25, 0.3) is 0 Å². The molecule has 0 N–H and O–H groups in total. The fourth-order valence-electron chi connectivity index (χ4n) is 10.3. The third-order valence-corrected chi connectivity index (χ3v) is 11.7. The second kappa shape index (κ2) is 13.2. The number of allylic oxidation sites excluding steroid dienone is 1. The lowest BCUT2D eigenvalue weighted by Crippen LogP contribution is -2.56. The Kier molecular flexibility index (Phi) is 11.8. The molecule has 4 rings (SSSR count). The van der Waals surface area contributed by atoms with Crippen molar-refractivity contribution in [3.63, 3.8) is 0 Å². The maximum absolute atomic E-state index is 4.18. The molecule has 4 aliphatic rings. The number of hydrogen-bond donors (Lipinski definition) is 1. The van der Waals surface area contributed by atoms with Gasteiger partial charge in [0.2, 0.25) is 0 Å². The highest BCUT2D eigenvalue weighted by Crippen LogP contribution is 2.69. The van der Waals surface area contributed by atoms with Crippen molar-refractivity contribution in [2.45, 2.75) is 133 Å². The number of rotatable bonds is 6. The smallest absolute Gasteiger partial charge is 0.0215 e. The summed E-state index contributed by atoms with van der Waals surface area (Å²) in [5.74, 6) is 8.72. The van der Waals surface area contributed by atoms with Crippen LogP contribution in [0.2, 0.25) is 0 Å². The number of hydrogen-bond acceptors (Lipinski definition) is 1. The standard InChI is InChI=1S/C31H54.C2H6.CH4S/c1-20(2)9-10-22(5)26-11-12-27-29-23(6)18-25-19-24(17-21(3)4)13-15-30(25,7)28(29)14-16-31(26,27)8;2*1-2/h21-29H,1,9-19H2,2-8H3;1-2H3;2H,1H3.